The van der Waals surface area contributed by atoms with Gasteiger partial charge in [0.1, 0.15) is 5.70 Å². The molecule has 0 N–H and O–H groups in total. The van der Waals surface area contributed by atoms with Crippen LogP contribution in [0.3, 0.4) is 0 Å². The van der Waals surface area contributed by atoms with Gasteiger partial charge in [0.25, 0.3) is 0 Å². The minimum atomic E-state index is -5.11. The van der Waals surface area contributed by atoms with Crippen molar-refractivity contribution in [1.82, 2.24) is 0 Å². The second kappa shape index (κ2) is 10.1. The van der Waals surface area contributed by atoms with Gasteiger partial charge in [-0.1, -0.05) is 6.08 Å². The van der Waals surface area contributed by atoms with Gasteiger partial charge in [-0.05, 0) is 36.4 Å². The van der Waals surface area contributed by atoms with Crippen LogP contribution in [0.2, 0.25) is 0 Å². The van der Waals surface area contributed by atoms with E-state index in [1.807, 2.05) is 0 Å². The summed E-state index contributed by atoms with van der Waals surface area (Å²) in [5, 5.41) is 0. The third-order valence-electron chi connectivity index (χ3n) is 4.71. The molecule has 1 heterocycles. The van der Waals surface area contributed by atoms with Gasteiger partial charge in [0.05, 0.1) is 31.0 Å². The second-order valence-electron chi connectivity index (χ2n) is 6.89. The number of esters is 2. The fourth-order valence-electron chi connectivity index (χ4n) is 3.08. The van der Waals surface area contributed by atoms with Crippen LogP contribution in [0.15, 0.2) is 60.0 Å². The fraction of sp³-hybridized carbons (Fsp3) is 0.130. The number of alkyl halides is 3. The number of benzene rings is 2. The Morgan fingerprint density at radius 2 is 1.44 bits per heavy atom. The molecule has 0 atom stereocenters. The monoisotopic (exact) mass is 517 g/mol. The normalized spacial score (nSPS) is 13.5. The molecule has 1 aliphatic heterocycles. The summed E-state index contributed by atoms with van der Waals surface area (Å²) in [7, 11) is 1.96. The molecule has 3 rings (SSSR count). The lowest BCUT2D eigenvalue weighted by molar-refractivity contribution is -0.139. The SMILES string of the molecule is COC(=O)C1=C(C(=O)OC)N(c2ccc(F)c(F)c2Oc2c(F)cc(C(F)(F)F)cc2F)C=CC=C1. The topological polar surface area (TPSA) is 65.1 Å². The lowest BCUT2D eigenvalue weighted by Crippen LogP contribution is -2.27. The highest BCUT2D eigenvalue weighted by Crippen LogP contribution is 2.42. The highest BCUT2D eigenvalue weighted by molar-refractivity contribution is 6.05. The van der Waals surface area contributed by atoms with Gasteiger partial charge in [-0.15, -0.1) is 0 Å². The van der Waals surface area contributed by atoms with Gasteiger partial charge in [-0.3, -0.25) is 0 Å². The molecule has 0 fully saturated rings. The summed E-state index contributed by atoms with van der Waals surface area (Å²) < 4.78 is 111. The Morgan fingerprint density at radius 3 is 2.00 bits per heavy atom. The number of rotatable bonds is 5. The molecule has 0 saturated heterocycles. The number of carbonyl (C=O) groups excluding carboxylic acids is 2. The van der Waals surface area contributed by atoms with E-state index >= 15 is 0 Å². The molecule has 0 amide bonds. The van der Waals surface area contributed by atoms with Gasteiger partial charge in [0.2, 0.25) is 5.82 Å². The predicted octanol–water partition coefficient (Wildman–Crippen LogP) is 5.54. The van der Waals surface area contributed by atoms with Crippen LogP contribution in [-0.4, -0.2) is 26.2 Å². The van der Waals surface area contributed by atoms with Gasteiger partial charge >= 0.3 is 18.1 Å². The van der Waals surface area contributed by atoms with Crippen LogP contribution >= 0.6 is 0 Å². The summed E-state index contributed by atoms with van der Waals surface area (Å²) in [5.74, 6) is -12.0. The van der Waals surface area contributed by atoms with E-state index in [4.69, 9.17) is 4.74 Å². The Hall–Kier alpha value is -4.29. The van der Waals surface area contributed by atoms with E-state index in [0.29, 0.717) is 6.07 Å². The van der Waals surface area contributed by atoms with Crippen molar-refractivity contribution in [3.63, 3.8) is 0 Å². The van der Waals surface area contributed by atoms with E-state index in [-0.39, 0.29) is 12.1 Å². The number of hydrogen-bond donors (Lipinski definition) is 0. The molecule has 6 nitrogen and oxygen atoms in total. The van der Waals surface area contributed by atoms with E-state index in [2.05, 4.69) is 9.47 Å². The molecule has 36 heavy (non-hydrogen) atoms. The van der Waals surface area contributed by atoms with Crippen molar-refractivity contribution in [3.8, 4) is 11.5 Å². The van der Waals surface area contributed by atoms with Crippen molar-refractivity contribution in [2.75, 3.05) is 19.1 Å². The van der Waals surface area contributed by atoms with Crippen LogP contribution in [0.4, 0.5) is 36.4 Å². The smallest absolute Gasteiger partial charge is 0.416 e. The number of anilines is 1. The van der Waals surface area contributed by atoms with Crippen molar-refractivity contribution in [2.24, 2.45) is 0 Å². The highest BCUT2D eigenvalue weighted by Gasteiger charge is 2.35. The maximum Gasteiger partial charge on any atom is 0.416 e. The summed E-state index contributed by atoms with van der Waals surface area (Å²) in [5.41, 5.74) is -3.25. The Kier molecular flexibility index (Phi) is 7.41. The Balaban J connectivity index is 2.25. The van der Waals surface area contributed by atoms with Crippen LogP contribution in [-0.2, 0) is 25.2 Å². The van der Waals surface area contributed by atoms with Crippen LogP contribution in [0.25, 0.3) is 0 Å². The molecular formula is C23H14F7NO5. The Bertz CT molecular complexity index is 1290. The van der Waals surface area contributed by atoms with E-state index in [0.717, 1.165) is 37.5 Å². The molecule has 0 bridgehead atoms. The first-order valence-electron chi connectivity index (χ1n) is 9.67. The van der Waals surface area contributed by atoms with Crippen LogP contribution in [0.1, 0.15) is 5.56 Å². The first kappa shape index (κ1) is 26.3. The van der Waals surface area contributed by atoms with Gasteiger partial charge in [-0.25, -0.2) is 22.8 Å². The van der Waals surface area contributed by atoms with E-state index in [9.17, 15) is 40.3 Å². The quantitative estimate of drug-likeness (QED) is 0.383. The Labute approximate surface area is 198 Å². The number of carbonyl (C=O) groups is 2. The van der Waals surface area contributed by atoms with E-state index < -0.39 is 75.4 Å². The van der Waals surface area contributed by atoms with Crippen molar-refractivity contribution < 1.29 is 54.5 Å². The summed E-state index contributed by atoms with van der Waals surface area (Å²) in [6.45, 7) is 0. The molecule has 2 aromatic carbocycles. The number of hydrogen-bond acceptors (Lipinski definition) is 6. The maximum absolute atomic E-state index is 14.9. The number of methoxy groups -OCH3 is 2. The van der Waals surface area contributed by atoms with Gasteiger partial charge in [-0.2, -0.15) is 17.6 Å². The molecule has 0 aromatic heterocycles. The lowest BCUT2D eigenvalue weighted by atomic mass is 10.1. The molecular weight excluding hydrogens is 503 g/mol. The lowest BCUT2D eigenvalue weighted by Gasteiger charge is -2.25. The minimum Gasteiger partial charge on any atom is -0.465 e. The summed E-state index contributed by atoms with van der Waals surface area (Å²) in [6.07, 6.45) is -0.347. The molecule has 13 heteroatoms. The highest BCUT2D eigenvalue weighted by atomic mass is 19.4. The third-order valence-corrected chi connectivity index (χ3v) is 4.71. The average molecular weight is 517 g/mol. The molecule has 0 aliphatic carbocycles. The molecule has 0 unspecified atom stereocenters. The van der Waals surface area contributed by atoms with E-state index in [1.165, 1.54) is 12.2 Å². The zero-order valence-corrected chi connectivity index (χ0v) is 18.3. The van der Waals surface area contributed by atoms with Crippen molar-refractivity contribution in [1.29, 1.82) is 0 Å². The third kappa shape index (κ3) is 5.04. The van der Waals surface area contributed by atoms with Gasteiger partial charge < -0.3 is 19.1 Å². The number of nitrogens with zero attached hydrogens (tertiary/aromatic N) is 1. The van der Waals surface area contributed by atoms with Gasteiger partial charge in [0.15, 0.2) is 29.0 Å². The molecule has 0 spiro atoms. The van der Waals surface area contributed by atoms with Gasteiger partial charge in [0, 0.05) is 6.20 Å². The predicted molar refractivity (Wildman–Crippen MR) is 110 cm³/mol. The standard InChI is InChI=1S/C23H14F7NO5/c1-34-21(32)12-5-3-4-8-31(18(12)22(33)35-2)16-7-6-13(24)17(27)20(16)36-19-14(25)9-11(10-15(19)26)23(28,29)30/h3-10H,1-2H3. The van der Waals surface area contributed by atoms with E-state index in [1.54, 1.807) is 0 Å². The number of halogens is 7. The molecule has 1 aliphatic rings. The summed E-state index contributed by atoms with van der Waals surface area (Å²) in [4.78, 5) is 25.6. The van der Waals surface area contributed by atoms with Crippen molar-refractivity contribution >= 4 is 17.6 Å². The number of ether oxygens (including phenoxy) is 3. The van der Waals surface area contributed by atoms with Crippen molar-refractivity contribution in [2.45, 2.75) is 6.18 Å². The zero-order valence-electron chi connectivity index (χ0n) is 18.3. The fourth-order valence-corrected chi connectivity index (χ4v) is 3.08. The second-order valence-corrected chi connectivity index (χ2v) is 6.89. The van der Waals surface area contributed by atoms with Crippen LogP contribution in [0, 0.1) is 23.3 Å². The summed E-state index contributed by atoms with van der Waals surface area (Å²) >= 11 is 0. The largest absolute Gasteiger partial charge is 0.465 e. The van der Waals surface area contributed by atoms with Crippen molar-refractivity contribution in [3.05, 3.63) is 88.8 Å². The molecule has 2 aromatic rings. The molecule has 0 radical (unpaired) electrons. The minimum absolute atomic E-state index is 0.0970. The Morgan fingerprint density at radius 1 is 0.833 bits per heavy atom. The summed E-state index contributed by atoms with van der Waals surface area (Å²) in [6, 6.07) is 1.22. The first-order chi connectivity index (χ1) is 16.9. The maximum atomic E-state index is 14.9. The van der Waals surface area contributed by atoms with Crippen LogP contribution in [0.5, 0.6) is 11.5 Å². The number of allylic oxidation sites excluding steroid dienone is 2. The first-order valence-corrected chi connectivity index (χ1v) is 9.67. The average Bonchev–Trinajstić information content (AvgIpc) is 3.05. The molecule has 0 saturated carbocycles. The zero-order chi connectivity index (χ0) is 26.8. The van der Waals surface area contributed by atoms with Crippen LogP contribution < -0.4 is 9.64 Å². The molecule has 190 valence electrons.